The van der Waals surface area contributed by atoms with Crippen LogP contribution < -0.4 is 10.6 Å². The molecule has 15 rings (SSSR count). The molecule has 0 aromatic heterocycles. The van der Waals surface area contributed by atoms with Crippen LogP contribution in [0.4, 0.5) is 0 Å². The Morgan fingerprint density at radius 1 is 0.597 bits per heavy atom. The van der Waals surface area contributed by atoms with E-state index in [2.05, 4.69) is 189 Å². The van der Waals surface area contributed by atoms with E-state index in [9.17, 15) is 5.26 Å². The lowest BCUT2D eigenvalue weighted by Gasteiger charge is -2.53. The summed E-state index contributed by atoms with van der Waals surface area (Å²) >= 11 is 0. The second-order valence-corrected chi connectivity index (χ2v) is 24.4. The Labute approximate surface area is 429 Å². The Balaban J connectivity index is 0.875. The molecule has 19 unspecified atom stereocenters. The summed E-state index contributed by atoms with van der Waals surface area (Å²) in [6.07, 6.45) is 75.3. The maximum absolute atomic E-state index is 11.9. The van der Waals surface area contributed by atoms with Gasteiger partial charge in [0.1, 0.15) is 12.3 Å². The van der Waals surface area contributed by atoms with Gasteiger partial charge in [-0.05, 0) is 94.8 Å². The molecule has 370 valence electrons. The van der Waals surface area contributed by atoms with Crippen LogP contribution in [0.3, 0.4) is 0 Å². The first kappa shape index (κ1) is 44.5. The lowest BCUT2D eigenvalue weighted by Crippen LogP contribution is -2.71. The van der Waals surface area contributed by atoms with Gasteiger partial charge in [0, 0.05) is 88.6 Å². The number of nitrogens with one attached hydrogen (secondary N) is 2. The van der Waals surface area contributed by atoms with Gasteiger partial charge in [-0.1, -0.05) is 164 Å². The van der Waals surface area contributed by atoms with E-state index >= 15 is 0 Å². The molecule has 1 saturated carbocycles. The fraction of sp³-hybridized carbons (Fsp3) is 0.523. The molecule has 72 heavy (non-hydrogen) atoms. The molecule has 7 nitrogen and oxygen atoms in total. The highest BCUT2D eigenvalue weighted by Crippen LogP contribution is 2.59. The topological polar surface area (TPSA) is 60.8 Å². The first-order valence-corrected chi connectivity index (χ1v) is 28.9. The van der Waals surface area contributed by atoms with Crippen molar-refractivity contribution in [3.05, 3.63) is 180 Å². The summed E-state index contributed by atoms with van der Waals surface area (Å²) in [6, 6.07) is 5.55. The molecule has 5 heterocycles. The van der Waals surface area contributed by atoms with E-state index in [-0.39, 0.29) is 48.6 Å². The van der Waals surface area contributed by atoms with Gasteiger partial charge in [-0.25, -0.2) is 0 Å². The minimum absolute atomic E-state index is 0.00766. The van der Waals surface area contributed by atoms with Crippen molar-refractivity contribution in [1.29, 1.82) is 5.26 Å². The second-order valence-electron chi connectivity index (χ2n) is 24.4. The zero-order valence-electron chi connectivity index (χ0n) is 42.3. The molecule has 19 atom stereocenters. The summed E-state index contributed by atoms with van der Waals surface area (Å²) in [5.74, 6) is 3.30. The number of hydrogen-bond donors (Lipinski definition) is 2. The molecule has 0 aromatic rings. The van der Waals surface area contributed by atoms with E-state index in [1.165, 1.54) is 79.5 Å². The molecule has 6 fully saturated rings. The molecule has 0 spiro atoms. The maximum atomic E-state index is 11.9. The lowest BCUT2D eigenvalue weighted by molar-refractivity contribution is 0.0545. The van der Waals surface area contributed by atoms with Crippen molar-refractivity contribution in [2.75, 3.05) is 0 Å². The maximum Gasteiger partial charge on any atom is 0.110 e. The number of nitriles is 1. The van der Waals surface area contributed by atoms with Gasteiger partial charge >= 0.3 is 0 Å². The van der Waals surface area contributed by atoms with E-state index in [1.807, 2.05) is 0 Å². The molecule has 0 aromatic carbocycles. The monoisotopic (exact) mass is 954 g/mol. The lowest BCUT2D eigenvalue weighted by atomic mass is 9.70. The minimum Gasteiger partial charge on any atom is -0.355 e. The van der Waals surface area contributed by atoms with E-state index in [0.29, 0.717) is 71.5 Å². The van der Waals surface area contributed by atoms with E-state index in [0.717, 1.165) is 32.1 Å². The first-order valence-electron chi connectivity index (χ1n) is 28.9. The molecule has 0 amide bonds. The van der Waals surface area contributed by atoms with E-state index in [1.54, 1.807) is 5.57 Å². The van der Waals surface area contributed by atoms with Crippen LogP contribution >= 0.6 is 0 Å². The van der Waals surface area contributed by atoms with Crippen LogP contribution in [0.1, 0.15) is 90.4 Å². The van der Waals surface area contributed by atoms with Gasteiger partial charge in [0.05, 0.1) is 36.3 Å². The van der Waals surface area contributed by atoms with Crippen molar-refractivity contribution in [1.82, 2.24) is 30.2 Å². The first-order chi connectivity index (χ1) is 35.6. The van der Waals surface area contributed by atoms with Crippen LogP contribution in [0.2, 0.25) is 0 Å². The number of nitrogens with zero attached hydrogens (tertiary/aromatic N) is 5. The van der Waals surface area contributed by atoms with Gasteiger partial charge in [0.15, 0.2) is 0 Å². The van der Waals surface area contributed by atoms with Crippen molar-refractivity contribution in [3.63, 3.8) is 0 Å². The SMILES string of the molecule is CC1=CCCC2C3C=CC=C4C3N(C3=CC(N5C6C=CC=CC6C6C5C=CC5C7C=CC=CC7N(C7CCCCC7)C56)C(C#N)C=C3C3NC(C5C=CCCC5)NC(C5=CC=CC(C6=CC=CCC6)C5)N43)C12. The van der Waals surface area contributed by atoms with Crippen molar-refractivity contribution in [3.8, 4) is 6.07 Å². The summed E-state index contributed by atoms with van der Waals surface area (Å²) < 4.78 is 0. The standard InChI is InChI=1S/C65H75N7/c1-40-18-15-29-48-49-30-17-33-56-61(49)71(60(40)48)58-38-57(70-54-32-14-12-28-51(54)59-55(70)35-34-50-47-27-11-13-31-53(47)69(62(50)59)46-25-9-4-10-26-46)45(39-66)37-52(58)65-68-63(42-21-7-3-8-22-42)67-64(72(56)65)44-24-16-23-43(36-44)41-19-5-2-6-20-41/h2,5,7,11-14,16-19,21,23-24,27-28,30-35,37-38,42-43,45-51,53-55,57,59-65,67-68H,3-4,6,8-10,15,20,22,25-26,29,36H2,1H3. The van der Waals surface area contributed by atoms with Gasteiger partial charge in [-0.2, -0.15) is 5.26 Å². The summed E-state index contributed by atoms with van der Waals surface area (Å²) in [6.45, 7) is 2.43. The van der Waals surface area contributed by atoms with Gasteiger partial charge in [0.2, 0.25) is 0 Å². The summed E-state index contributed by atoms with van der Waals surface area (Å²) in [4.78, 5) is 11.7. The number of likely N-dealkylation sites (tertiary alicyclic amines) is 2. The third-order valence-corrected chi connectivity index (χ3v) is 21.1. The van der Waals surface area contributed by atoms with Gasteiger partial charge in [-0.3, -0.25) is 20.4 Å². The van der Waals surface area contributed by atoms with Crippen molar-refractivity contribution in [2.24, 2.45) is 53.3 Å². The summed E-state index contributed by atoms with van der Waals surface area (Å²) in [5.41, 5.74) is 8.70. The largest absolute Gasteiger partial charge is 0.355 e. The molecule has 7 heteroatoms. The predicted octanol–water partition coefficient (Wildman–Crippen LogP) is 11.1. The van der Waals surface area contributed by atoms with Crippen molar-refractivity contribution >= 4 is 0 Å². The molecule has 10 aliphatic carbocycles. The average molecular weight is 954 g/mol. The smallest absolute Gasteiger partial charge is 0.110 e. The Bertz CT molecular complexity index is 2750. The normalized spacial score (nSPS) is 45.2. The Kier molecular flexibility index (Phi) is 11.0. The van der Waals surface area contributed by atoms with Crippen LogP contribution in [0.15, 0.2) is 180 Å². The van der Waals surface area contributed by atoms with Crippen molar-refractivity contribution in [2.45, 2.75) is 157 Å². The molecule has 0 radical (unpaired) electrons. The second kappa shape index (κ2) is 17.9. The molecule has 2 N–H and O–H groups in total. The summed E-state index contributed by atoms with van der Waals surface area (Å²) in [5, 5.41) is 20.6. The Morgan fingerprint density at radius 3 is 2.24 bits per heavy atom. The third-order valence-electron chi connectivity index (χ3n) is 21.1. The highest BCUT2D eigenvalue weighted by Gasteiger charge is 2.63. The third kappa shape index (κ3) is 6.80. The Morgan fingerprint density at radius 2 is 1.40 bits per heavy atom. The van der Waals surface area contributed by atoms with Crippen LogP contribution in [-0.2, 0) is 0 Å². The van der Waals surface area contributed by atoms with Crippen molar-refractivity contribution < 1.29 is 0 Å². The summed E-state index contributed by atoms with van der Waals surface area (Å²) in [7, 11) is 0. The minimum atomic E-state index is -0.304. The highest BCUT2D eigenvalue weighted by atomic mass is 15.5. The Hall–Kier alpha value is -4.97. The molecule has 0 bridgehead atoms. The number of fused-ring (bicyclic) bond motifs is 15. The van der Waals surface area contributed by atoms with Crippen LogP contribution in [0, 0.1) is 64.6 Å². The zero-order valence-corrected chi connectivity index (χ0v) is 42.3. The van der Waals surface area contributed by atoms with Crippen LogP contribution in [-0.4, -0.2) is 86.4 Å². The predicted molar refractivity (Wildman–Crippen MR) is 289 cm³/mol. The highest BCUT2D eigenvalue weighted by molar-refractivity contribution is 5.52. The van der Waals surface area contributed by atoms with Crippen LogP contribution in [0.25, 0.3) is 0 Å². The van der Waals surface area contributed by atoms with Gasteiger partial charge in [-0.15, -0.1) is 0 Å². The van der Waals surface area contributed by atoms with Crippen LogP contribution in [0.5, 0.6) is 0 Å². The fourth-order valence-electron chi connectivity index (χ4n) is 18.3. The van der Waals surface area contributed by atoms with E-state index in [4.69, 9.17) is 0 Å². The quantitative estimate of drug-likeness (QED) is 0.266. The molecule has 15 aliphatic rings. The average Bonchev–Trinajstić information content (AvgIpc) is 4.07. The number of allylic oxidation sites excluding steroid dienone is 15. The van der Waals surface area contributed by atoms with E-state index < -0.39 is 0 Å². The number of rotatable bonds is 5. The van der Waals surface area contributed by atoms with Gasteiger partial charge < -0.3 is 9.80 Å². The number of hydrogen-bond acceptors (Lipinski definition) is 7. The zero-order chi connectivity index (χ0) is 47.6. The van der Waals surface area contributed by atoms with Gasteiger partial charge in [0.25, 0.3) is 0 Å². The molecular weight excluding hydrogens is 879 g/mol. The fourth-order valence-corrected chi connectivity index (χ4v) is 18.3. The molecule has 5 aliphatic heterocycles. The molecule has 5 saturated heterocycles. The molecular formula is C65H75N7.